The summed E-state index contributed by atoms with van der Waals surface area (Å²) in [7, 11) is 0. The van der Waals surface area contributed by atoms with E-state index in [1.165, 1.54) is 18.2 Å². The number of nitriles is 1. The SMILES string of the molecule is CC(C)c1cc(Oc2c(Cl)cc(N3N=C(C#N)C(=O)CC3=O)cc2Cl)n[nH]c1=O. The fourth-order valence-corrected chi connectivity index (χ4v) is 3.10. The van der Waals surface area contributed by atoms with Gasteiger partial charge in [-0.25, -0.2) is 5.10 Å². The lowest BCUT2D eigenvalue weighted by molar-refractivity contribution is -0.124. The second-order valence-corrected chi connectivity index (χ2v) is 7.17. The first-order valence-corrected chi connectivity index (χ1v) is 9.08. The lowest BCUT2D eigenvalue weighted by atomic mass is 10.1. The van der Waals surface area contributed by atoms with Crippen molar-refractivity contribution in [1.82, 2.24) is 10.2 Å². The number of anilines is 1. The Morgan fingerprint density at radius 2 is 1.86 bits per heavy atom. The van der Waals surface area contributed by atoms with Crippen LogP contribution in [0.5, 0.6) is 11.6 Å². The van der Waals surface area contributed by atoms with Crippen LogP contribution in [0.15, 0.2) is 28.1 Å². The third kappa shape index (κ3) is 4.13. The number of Topliss-reactive ketones (excluding diaryl/α,β-unsaturated/α-hetero) is 1. The monoisotopic (exact) mass is 433 g/mol. The molecule has 1 aliphatic rings. The molecular weight excluding hydrogens is 421 g/mol. The van der Waals surface area contributed by atoms with Crippen molar-refractivity contribution in [3.8, 4) is 17.7 Å². The minimum Gasteiger partial charge on any atom is -0.434 e. The predicted molar refractivity (Wildman–Crippen MR) is 106 cm³/mol. The average molecular weight is 434 g/mol. The average Bonchev–Trinajstić information content (AvgIpc) is 2.65. The van der Waals surface area contributed by atoms with E-state index in [0.717, 1.165) is 5.01 Å². The number of nitrogens with zero attached hydrogens (tertiary/aromatic N) is 4. The quantitative estimate of drug-likeness (QED) is 0.736. The first-order valence-electron chi connectivity index (χ1n) is 8.32. The molecule has 1 N–H and O–H groups in total. The van der Waals surface area contributed by atoms with Crippen LogP contribution < -0.4 is 15.3 Å². The van der Waals surface area contributed by atoms with Crippen molar-refractivity contribution in [3.63, 3.8) is 0 Å². The molecule has 1 aromatic carbocycles. The third-order valence-corrected chi connectivity index (χ3v) is 4.54. The maximum atomic E-state index is 12.1. The molecule has 1 aromatic heterocycles. The molecule has 2 aromatic rings. The normalized spacial score (nSPS) is 14.1. The van der Waals surface area contributed by atoms with Crippen LogP contribution in [0.1, 0.15) is 31.7 Å². The minimum absolute atomic E-state index is 0.0324. The van der Waals surface area contributed by atoms with E-state index in [9.17, 15) is 14.4 Å². The van der Waals surface area contributed by atoms with Crippen molar-refractivity contribution >= 4 is 46.3 Å². The first-order chi connectivity index (χ1) is 13.7. The van der Waals surface area contributed by atoms with E-state index >= 15 is 0 Å². The molecule has 1 aliphatic heterocycles. The largest absolute Gasteiger partial charge is 0.434 e. The number of ketones is 1. The van der Waals surface area contributed by atoms with Crippen molar-refractivity contribution in [2.45, 2.75) is 26.2 Å². The Morgan fingerprint density at radius 3 is 2.45 bits per heavy atom. The number of aromatic nitrogens is 2. The standard InChI is InChI=1S/C18H13Cl2N5O4/c1-8(2)10-5-15(22-23-18(10)28)29-17-11(19)3-9(4-12(17)20)25-16(27)6-14(26)13(7-21)24-25/h3-5,8H,6H2,1-2H3,(H,23,28). The smallest absolute Gasteiger partial charge is 0.267 e. The number of amides is 1. The molecule has 0 saturated heterocycles. The number of rotatable bonds is 4. The summed E-state index contributed by atoms with van der Waals surface area (Å²) >= 11 is 12.5. The number of carbonyl (C=O) groups is 2. The van der Waals surface area contributed by atoms with Crippen LogP contribution in [0, 0.1) is 11.3 Å². The van der Waals surface area contributed by atoms with Gasteiger partial charge in [0.15, 0.2) is 5.75 Å². The molecule has 0 aliphatic carbocycles. The van der Waals surface area contributed by atoms with Gasteiger partial charge >= 0.3 is 0 Å². The van der Waals surface area contributed by atoms with Gasteiger partial charge in [0.05, 0.1) is 22.2 Å². The third-order valence-electron chi connectivity index (χ3n) is 3.98. The molecule has 29 heavy (non-hydrogen) atoms. The molecule has 0 spiro atoms. The highest BCUT2D eigenvalue weighted by atomic mass is 35.5. The van der Waals surface area contributed by atoms with E-state index in [0.29, 0.717) is 5.56 Å². The van der Waals surface area contributed by atoms with Gasteiger partial charge in [0.1, 0.15) is 6.07 Å². The molecule has 0 atom stereocenters. The van der Waals surface area contributed by atoms with Gasteiger partial charge in [0, 0.05) is 11.6 Å². The van der Waals surface area contributed by atoms with Gasteiger partial charge in [-0.1, -0.05) is 37.0 Å². The summed E-state index contributed by atoms with van der Waals surface area (Å²) in [4.78, 5) is 35.5. The van der Waals surface area contributed by atoms with Crippen LogP contribution in [0.3, 0.4) is 0 Å². The second kappa shape index (κ2) is 8.03. The van der Waals surface area contributed by atoms with E-state index < -0.39 is 23.8 Å². The Morgan fingerprint density at radius 1 is 1.21 bits per heavy atom. The number of carbonyl (C=O) groups excluding carboxylic acids is 2. The number of hydrogen-bond acceptors (Lipinski definition) is 7. The Labute approximate surface area is 174 Å². The molecule has 0 unspecified atom stereocenters. The zero-order chi connectivity index (χ0) is 21.3. The van der Waals surface area contributed by atoms with E-state index in [1.54, 1.807) is 6.07 Å². The lowest BCUT2D eigenvalue weighted by Gasteiger charge is -2.21. The highest BCUT2D eigenvalue weighted by Gasteiger charge is 2.29. The molecular formula is C18H13Cl2N5O4. The van der Waals surface area contributed by atoms with Crippen LogP contribution in [0.2, 0.25) is 10.0 Å². The molecule has 0 saturated carbocycles. The lowest BCUT2D eigenvalue weighted by Crippen LogP contribution is -2.36. The van der Waals surface area contributed by atoms with Gasteiger partial charge in [-0.05, 0) is 18.1 Å². The summed E-state index contributed by atoms with van der Waals surface area (Å²) in [5.74, 6) is -1.21. The number of hydrogen-bond donors (Lipinski definition) is 1. The number of hydrazone groups is 1. The van der Waals surface area contributed by atoms with Gasteiger partial charge in [0.2, 0.25) is 17.4 Å². The number of aromatic amines is 1. The molecule has 0 bridgehead atoms. The van der Waals surface area contributed by atoms with E-state index in [-0.39, 0.29) is 38.8 Å². The van der Waals surface area contributed by atoms with Crippen molar-refractivity contribution in [2.24, 2.45) is 5.10 Å². The number of nitrogens with one attached hydrogen (secondary N) is 1. The maximum Gasteiger partial charge on any atom is 0.267 e. The Bertz CT molecular complexity index is 1130. The minimum atomic E-state index is -0.656. The molecule has 3 rings (SSSR count). The highest BCUT2D eigenvalue weighted by Crippen LogP contribution is 2.40. The molecule has 148 valence electrons. The molecule has 0 fully saturated rings. The van der Waals surface area contributed by atoms with Gasteiger partial charge in [0.25, 0.3) is 11.5 Å². The summed E-state index contributed by atoms with van der Waals surface area (Å²) in [5, 5.41) is 19.8. The second-order valence-electron chi connectivity index (χ2n) is 6.35. The van der Waals surface area contributed by atoms with E-state index in [1.807, 2.05) is 13.8 Å². The van der Waals surface area contributed by atoms with E-state index in [2.05, 4.69) is 15.3 Å². The highest BCUT2D eigenvalue weighted by molar-refractivity contribution is 6.50. The zero-order valence-corrected chi connectivity index (χ0v) is 16.7. The Kier molecular flexibility index (Phi) is 5.68. The van der Waals surface area contributed by atoms with Crippen molar-refractivity contribution in [3.05, 3.63) is 44.2 Å². The summed E-state index contributed by atoms with van der Waals surface area (Å²) in [6.45, 7) is 3.69. The van der Waals surface area contributed by atoms with E-state index in [4.69, 9.17) is 33.2 Å². The molecule has 0 radical (unpaired) electrons. The first kappa shape index (κ1) is 20.5. The number of H-pyrrole nitrogens is 1. The molecule has 11 heteroatoms. The molecule has 1 amide bonds. The Balaban J connectivity index is 1.97. The van der Waals surface area contributed by atoms with Crippen LogP contribution in [0.25, 0.3) is 0 Å². The number of halogens is 2. The summed E-state index contributed by atoms with van der Waals surface area (Å²) in [6, 6.07) is 5.83. The van der Waals surface area contributed by atoms with Gasteiger partial charge in [-0.3, -0.25) is 14.4 Å². The van der Waals surface area contributed by atoms with Crippen LogP contribution in [-0.4, -0.2) is 27.6 Å². The predicted octanol–water partition coefficient (Wildman–Crippen LogP) is 3.18. The number of benzene rings is 1. The van der Waals surface area contributed by atoms with Crippen molar-refractivity contribution in [1.29, 1.82) is 5.26 Å². The van der Waals surface area contributed by atoms with Gasteiger partial charge in [-0.2, -0.15) is 15.4 Å². The summed E-state index contributed by atoms with van der Waals surface area (Å²) < 4.78 is 5.62. The van der Waals surface area contributed by atoms with Crippen LogP contribution in [0.4, 0.5) is 5.69 Å². The fourth-order valence-electron chi connectivity index (χ4n) is 2.55. The summed E-state index contributed by atoms with van der Waals surface area (Å²) in [5.41, 5.74) is -0.0873. The Hall–Kier alpha value is -3.22. The number of ether oxygens (including phenoxy) is 1. The van der Waals surface area contributed by atoms with Crippen LogP contribution >= 0.6 is 23.2 Å². The molecule has 2 heterocycles. The zero-order valence-electron chi connectivity index (χ0n) is 15.2. The topological polar surface area (TPSA) is 129 Å². The van der Waals surface area contributed by atoms with Crippen molar-refractivity contribution in [2.75, 3.05) is 5.01 Å². The van der Waals surface area contributed by atoms with Crippen LogP contribution in [-0.2, 0) is 9.59 Å². The summed E-state index contributed by atoms with van der Waals surface area (Å²) in [6.07, 6.45) is -0.487. The maximum absolute atomic E-state index is 12.1. The molecule has 9 nitrogen and oxygen atoms in total. The van der Waals surface area contributed by atoms with Gasteiger partial charge < -0.3 is 4.74 Å². The van der Waals surface area contributed by atoms with Gasteiger partial charge in [-0.15, -0.1) is 5.10 Å². The fraction of sp³-hybridized carbons (Fsp3) is 0.222. The van der Waals surface area contributed by atoms with Crippen molar-refractivity contribution < 1.29 is 14.3 Å².